The zero-order chi connectivity index (χ0) is 31.9. The van der Waals surface area contributed by atoms with E-state index in [1.807, 2.05) is 24.3 Å². The molecule has 4 aromatic rings. The number of terminal acetylenes is 1. The van der Waals surface area contributed by atoms with Crippen molar-refractivity contribution in [2.24, 2.45) is 0 Å². The molecular formula is C36H36O9. The van der Waals surface area contributed by atoms with Crippen molar-refractivity contribution in [2.75, 3.05) is 41.2 Å². The van der Waals surface area contributed by atoms with Gasteiger partial charge in [-0.2, -0.15) is 0 Å². The molecule has 5 rings (SSSR count). The molecule has 0 aliphatic heterocycles. The van der Waals surface area contributed by atoms with Crippen LogP contribution in [0.25, 0.3) is 0 Å². The molecule has 0 unspecified atom stereocenters. The van der Waals surface area contributed by atoms with Crippen molar-refractivity contribution in [2.45, 2.75) is 25.9 Å². The fourth-order valence-corrected chi connectivity index (χ4v) is 5.46. The molecule has 0 radical (unpaired) electrons. The lowest BCUT2D eigenvalue weighted by molar-refractivity contribution is 0.204. The number of benzene rings is 4. The third-order valence-corrected chi connectivity index (χ3v) is 7.73. The molecule has 1 aliphatic carbocycles. The van der Waals surface area contributed by atoms with Crippen LogP contribution in [0.5, 0.6) is 46.0 Å². The highest BCUT2D eigenvalue weighted by molar-refractivity contribution is 5.57. The summed E-state index contributed by atoms with van der Waals surface area (Å²) in [6, 6.07) is 16.2. The number of aliphatic hydroxyl groups is 1. The van der Waals surface area contributed by atoms with Gasteiger partial charge < -0.3 is 43.7 Å². The second-order valence-corrected chi connectivity index (χ2v) is 10.5. The van der Waals surface area contributed by atoms with Gasteiger partial charge in [0.15, 0.2) is 46.0 Å². The third-order valence-electron chi connectivity index (χ3n) is 7.73. The van der Waals surface area contributed by atoms with Crippen LogP contribution >= 0.6 is 0 Å². The average Bonchev–Trinajstić information content (AvgIpc) is 3.10. The molecule has 0 atom stereocenters. The SMILES string of the molecule is C#CCOc1cc(CO)ccc1OCCOc1cc2c(cc1OC)Cc1cc(O)c(OC)cc1Cc1cc(O)c(OC)cc1C2. The number of aliphatic hydroxyl groups excluding tert-OH is 1. The fourth-order valence-electron chi connectivity index (χ4n) is 5.46. The first-order valence-corrected chi connectivity index (χ1v) is 14.4. The Morgan fingerprint density at radius 3 is 1.51 bits per heavy atom. The Bertz CT molecular complexity index is 1710. The van der Waals surface area contributed by atoms with Crippen LogP contribution in [-0.4, -0.2) is 56.5 Å². The largest absolute Gasteiger partial charge is 0.504 e. The van der Waals surface area contributed by atoms with E-state index in [9.17, 15) is 15.3 Å². The predicted molar refractivity (Wildman–Crippen MR) is 168 cm³/mol. The summed E-state index contributed by atoms with van der Waals surface area (Å²) >= 11 is 0. The third kappa shape index (κ3) is 6.97. The maximum Gasteiger partial charge on any atom is 0.163 e. The summed E-state index contributed by atoms with van der Waals surface area (Å²) in [5.41, 5.74) is 6.48. The maximum atomic E-state index is 10.6. The van der Waals surface area contributed by atoms with Gasteiger partial charge in [-0.1, -0.05) is 12.0 Å². The smallest absolute Gasteiger partial charge is 0.163 e. The molecule has 0 fully saturated rings. The molecule has 9 nitrogen and oxygen atoms in total. The first-order chi connectivity index (χ1) is 21.9. The van der Waals surface area contributed by atoms with E-state index in [4.69, 9.17) is 34.8 Å². The van der Waals surface area contributed by atoms with E-state index in [0.717, 1.165) is 33.4 Å². The van der Waals surface area contributed by atoms with Gasteiger partial charge in [0.25, 0.3) is 0 Å². The second-order valence-electron chi connectivity index (χ2n) is 10.5. The first-order valence-electron chi connectivity index (χ1n) is 14.4. The topological polar surface area (TPSA) is 116 Å². The lowest BCUT2D eigenvalue weighted by Gasteiger charge is -2.18. The lowest BCUT2D eigenvalue weighted by atomic mass is 9.94. The van der Waals surface area contributed by atoms with Crippen molar-refractivity contribution in [3.8, 4) is 58.3 Å². The van der Waals surface area contributed by atoms with Crippen LogP contribution in [0.3, 0.4) is 0 Å². The number of hydrogen-bond acceptors (Lipinski definition) is 9. The Hall–Kier alpha value is -5.20. The van der Waals surface area contributed by atoms with Crippen molar-refractivity contribution in [1.82, 2.24) is 0 Å². The molecule has 3 N–H and O–H groups in total. The minimum Gasteiger partial charge on any atom is -0.504 e. The van der Waals surface area contributed by atoms with Crippen LogP contribution < -0.4 is 28.4 Å². The summed E-state index contributed by atoms with van der Waals surface area (Å²) in [4.78, 5) is 0. The average molecular weight is 613 g/mol. The highest BCUT2D eigenvalue weighted by Gasteiger charge is 2.22. The molecule has 0 heterocycles. The summed E-state index contributed by atoms with van der Waals surface area (Å²) < 4.78 is 34.3. The Kier molecular flexibility index (Phi) is 9.76. The van der Waals surface area contributed by atoms with Gasteiger partial charge in [-0.15, -0.1) is 6.42 Å². The molecule has 0 saturated heterocycles. The normalized spacial score (nSPS) is 11.8. The summed E-state index contributed by atoms with van der Waals surface area (Å²) in [6.45, 7) is 0.354. The molecule has 4 aromatic carbocycles. The maximum absolute atomic E-state index is 10.6. The number of rotatable bonds is 11. The van der Waals surface area contributed by atoms with Gasteiger partial charge in [-0.25, -0.2) is 0 Å². The molecule has 0 saturated carbocycles. The molecule has 1 aliphatic rings. The predicted octanol–water partition coefficient (Wildman–Crippen LogP) is 5.17. The van der Waals surface area contributed by atoms with Crippen molar-refractivity contribution < 1.29 is 43.7 Å². The molecular weight excluding hydrogens is 576 g/mol. The van der Waals surface area contributed by atoms with Crippen LogP contribution in [-0.2, 0) is 25.9 Å². The van der Waals surface area contributed by atoms with Crippen LogP contribution in [0.2, 0.25) is 0 Å². The van der Waals surface area contributed by atoms with Gasteiger partial charge in [0.1, 0.15) is 19.8 Å². The Labute approximate surface area is 262 Å². The summed E-state index contributed by atoms with van der Waals surface area (Å²) in [5, 5.41) is 30.7. The van der Waals surface area contributed by atoms with E-state index < -0.39 is 0 Å². The summed E-state index contributed by atoms with van der Waals surface area (Å²) in [5.74, 6) is 5.35. The van der Waals surface area contributed by atoms with E-state index in [-0.39, 0.29) is 37.9 Å². The zero-order valence-corrected chi connectivity index (χ0v) is 25.5. The highest BCUT2D eigenvalue weighted by atomic mass is 16.6. The summed E-state index contributed by atoms with van der Waals surface area (Å²) in [6.07, 6.45) is 6.94. The number of phenolic OH excluding ortho intramolecular Hbond substituents is 2. The number of phenols is 2. The van der Waals surface area contributed by atoms with Gasteiger partial charge in [0.05, 0.1) is 27.9 Å². The second kappa shape index (κ2) is 14.1. The van der Waals surface area contributed by atoms with E-state index in [1.165, 1.54) is 14.2 Å². The fraction of sp³-hybridized carbons (Fsp3) is 0.278. The molecule has 0 aromatic heterocycles. The zero-order valence-electron chi connectivity index (χ0n) is 25.5. The number of fused-ring (bicyclic) bond motifs is 3. The quantitative estimate of drug-likeness (QED) is 0.137. The van der Waals surface area contributed by atoms with Crippen LogP contribution in [0, 0.1) is 12.3 Å². The van der Waals surface area contributed by atoms with E-state index in [2.05, 4.69) is 5.92 Å². The van der Waals surface area contributed by atoms with E-state index in [0.29, 0.717) is 59.3 Å². The van der Waals surface area contributed by atoms with Crippen LogP contribution in [0.15, 0.2) is 54.6 Å². The Morgan fingerprint density at radius 2 is 1.02 bits per heavy atom. The van der Waals surface area contributed by atoms with Gasteiger partial charge in [0.2, 0.25) is 0 Å². The Morgan fingerprint density at radius 1 is 0.578 bits per heavy atom. The molecule has 0 amide bonds. The van der Waals surface area contributed by atoms with Gasteiger partial charge >= 0.3 is 0 Å². The molecule has 0 spiro atoms. The Balaban J connectivity index is 1.45. The number of aromatic hydroxyl groups is 2. The van der Waals surface area contributed by atoms with Crippen molar-refractivity contribution in [1.29, 1.82) is 0 Å². The number of hydrogen-bond donors (Lipinski definition) is 3. The monoisotopic (exact) mass is 612 g/mol. The van der Waals surface area contributed by atoms with E-state index >= 15 is 0 Å². The molecule has 234 valence electrons. The van der Waals surface area contributed by atoms with Crippen LogP contribution in [0.4, 0.5) is 0 Å². The summed E-state index contributed by atoms with van der Waals surface area (Å²) in [7, 11) is 4.64. The van der Waals surface area contributed by atoms with Gasteiger partial charge in [-0.05, 0) is 107 Å². The first kappa shape index (κ1) is 31.2. The highest BCUT2D eigenvalue weighted by Crippen LogP contribution is 2.40. The standard InChI is InChI=1S/C36H36O9/c1-5-8-43-35-11-22(21-37)6-7-31(35)44-9-10-45-36-20-28-14-26-18-33(41-3)29(38)15-23(26)12-25-17-32(40-2)30(39)16-24(25)13-27(28)19-34(36)42-4/h1,6-7,11,15-20,37-39H,8-10,12-14,21H2,2-4H3. The van der Waals surface area contributed by atoms with Crippen LogP contribution in [0.1, 0.15) is 38.9 Å². The minimum atomic E-state index is -0.132. The number of ether oxygens (including phenoxy) is 6. The van der Waals surface area contributed by atoms with Gasteiger partial charge in [0, 0.05) is 0 Å². The molecule has 45 heavy (non-hydrogen) atoms. The van der Waals surface area contributed by atoms with Crippen molar-refractivity contribution >= 4 is 0 Å². The van der Waals surface area contributed by atoms with E-state index in [1.54, 1.807) is 37.4 Å². The minimum absolute atomic E-state index is 0.0561. The molecule has 0 bridgehead atoms. The van der Waals surface area contributed by atoms with Crippen molar-refractivity contribution in [3.63, 3.8) is 0 Å². The lowest BCUT2D eigenvalue weighted by Crippen LogP contribution is -2.11. The number of methoxy groups -OCH3 is 3. The molecule has 9 heteroatoms. The van der Waals surface area contributed by atoms with Gasteiger partial charge in [-0.3, -0.25) is 0 Å². The van der Waals surface area contributed by atoms with Crippen molar-refractivity contribution in [3.05, 3.63) is 93.5 Å².